The molecule has 0 aliphatic carbocycles. The van der Waals surface area contributed by atoms with Crippen LogP contribution in [0.5, 0.6) is 5.75 Å². The van der Waals surface area contributed by atoms with E-state index in [9.17, 15) is 0 Å². The fraction of sp³-hybridized carbons (Fsp3) is 0.250. The number of benzene rings is 2. The zero-order valence-corrected chi connectivity index (χ0v) is 13.9. The van der Waals surface area contributed by atoms with E-state index in [1.165, 1.54) is 22.1 Å². The SMILES string of the molecule is COc1ccccc1N1CCN(c2cccc3ccncc23)CC1. The summed E-state index contributed by atoms with van der Waals surface area (Å²) in [5.41, 5.74) is 2.46. The van der Waals surface area contributed by atoms with E-state index in [1.807, 2.05) is 24.5 Å². The number of hydrogen-bond donors (Lipinski definition) is 0. The fourth-order valence-electron chi connectivity index (χ4n) is 3.45. The minimum atomic E-state index is 0.945. The Morgan fingerprint density at radius 1 is 0.833 bits per heavy atom. The van der Waals surface area contributed by atoms with Crippen LogP contribution in [0.25, 0.3) is 10.8 Å². The number of piperazine rings is 1. The van der Waals surface area contributed by atoms with Gasteiger partial charge in [0.2, 0.25) is 0 Å². The molecule has 0 amide bonds. The Bertz CT molecular complexity index is 836. The van der Waals surface area contributed by atoms with Gasteiger partial charge in [0.15, 0.2) is 0 Å². The third-order valence-electron chi connectivity index (χ3n) is 4.71. The van der Waals surface area contributed by atoms with Gasteiger partial charge in [-0.05, 0) is 29.7 Å². The molecule has 0 saturated carbocycles. The molecule has 0 spiro atoms. The molecule has 122 valence electrons. The van der Waals surface area contributed by atoms with Crippen LogP contribution in [0.15, 0.2) is 60.9 Å². The smallest absolute Gasteiger partial charge is 0.142 e. The van der Waals surface area contributed by atoms with E-state index in [-0.39, 0.29) is 0 Å². The molecule has 1 fully saturated rings. The maximum absolute atomic E-state index is 5.50. The van der Waals surface area contributed by atoms with Gasteiger partial charge in [-0.2, -0.15) is 0 Å². The summed E-state index contributed by atoms with van der Waals surface area (Å²) >= 11 is 0. The molecule has 2 heterocycles. The predicted octanol–water partition coefficient (Wildman–Crippen LogP) is 3.57. The van der Waals surface area contributed by atoms with E-state index in [0.717, 1.165) is 31.9 Å². The monoisotopic (exact) mass is 319 g/mol. The normalized spacial score (nSPS) is 14.9. The van der Waals surface area contributed by atoms with Crippen molar-refractivity contribution >= 4 is 22.1 Å². The molecule has 1 aliphatic rings. The van der Waals surface area contributed by atoms with Crippen LogP contribution in [0.3, 0.4) is 0 Å². The highest BCUT2D eigenvalue weighted by atomic mass is 16.5. The van der Waals surface area contributed by atoms with Gasteiger partial charge in [-0.15, -0.1) is 0 Å². The lowest BCUT2D eigenvalue weighted by Crippen LogP contribution is -2.46. The van der Waals surface area contributed by atoms with Crippen LogP contribution in [0, 0.1) is 0 Å². The van der Waals surface area contributed by atoms with Crippen molar-refractivity contribution in [2.24, 2.45) is 0 Å². The number of hydrogen-bond acceptors (Lipinski definition) is 4. The van der Waals surface area contributed by atoms with E-state index in [0.29, 0.717) is 0 Å². The highest BCUT2D eigenvalue weighted by Gasteiger charge is 2.20. The van der Waals surface area contributed by atoms with Crippen molar-refractivity contribution in [3.8, 4) is 5.75 Å². The standard InChI is InChI=1S/C20H21N3O/c1-24-20-8-3-2-6-19(20)23-13-11-22(12-14-23)18-7-4-5-16-9-10-21-15-17(16)18/h2-10,15H,11-14H2,1H3. The molecule has 0 N–H and O–H groups in total. The summed E-state index contributed by atoms with van der Waals surface area (Å²) in [5, 5.41) is 2.47. The van der Waals surface area contributed by atoms with Crippen molar-refractivity contribution in [2.45, 2.75) is 0 Å². The number of aromatic nitrogens is 1. The van der Waals surface area contributed by atoms with Crippen LogP contribution < -0.4 is 14.5 Å². The third-order valence-corrected chi connectivity index (χ3v) is 4.71. The highest BCUT2D eigenvalue weighted by molar-refractivity contribution is 5.93. The molecule has 4 nitrogen and oxygen atoms in total. The molecule has 0 unspecified atom stereocenters. The molecule has 0 radical (unpaired) electrons. The Morgan fingerprint density at radius 2 is 1.54 bits per heavy atom. The zero-order chi connectivity index (χ0) is 16.4. The minimum absolute atomic E-state index is 0.945. The summed E-state index contributed by atoms with van der Waals surface area (Å²) in [7, 11) is 1.73. The quantitative estimate of drug-likeness (QED) is 0.738. The lowest BCUT2D eigenvalue weighted by Gasteiger charge is -2.38. The second-order valence-corrected chi connectivity index (χ2v) is 6.02. The summed E-state index contributed by atoms with van der Waals surface area (Å²) in [6.07, 6.45) is 3.82. The number of methoxy groups -OCH3 is 1. The zero-order valence-electron chi connectivity index (χ0n) is 13.9. The van der Waals surface area contributed by atoms with Crippen LogP contribution in [0.4, 0.5) is 11.4 Å². The first-order chi connectivity index (χ1) is 11.9. The lowest BCUT2D eigenvalue weighted by molar-refractivity contribution is 0.413. The average molecular weight is 319 g/mol. The van der Waals surface area contributed by atoms with E-state index < -0.39 is 0 Å². The van der Waals surface area contributed by atoms with Crippen molar-refractivity contribution in [1.82, 2.24) is 4.98 Å². The summed E-state index contributed by atoms with van der Waals surface area (Å²) in [6.45, 7) is 3.95. The van der Waals surface area contributed by atoms with Crippen molar-refractivity contribution in [2.75, 3.05) is 43.1 Å². The molecule has 1 aliphatic heterocycles. The van der Waals surface area contributed by atoms with Gasteiger partial charge >= 0.3 is 0 Å². The average Bonchev–Trinajstić information content (AvgIpc) is 2.67. The van der Waals surface area contributed by atoms with Crippen LogP contribution in [0.2, 0.25) is 0 Å². The Hall–Kier alpha value is -2.75. The number of ether oxygens (including phenoxy) is 1. The molecule has 4 heteroatoms. The molecule has 3 aromatic rings. The summed E-state index contributed by atoms with van der Waals surface area (Å²) in [6, 6.07) is 16.8. The largest absolute Gasteiger partial charge is 0.495 e. The predicted molar refractivity (Wildman–Crippen MR) is 99.2 cm³/mol. The van der Waals surface area contributed by atoms with Crippen LogP contribution in [0.1, 0.15) is 0 Å². The van der Waals surface area contributed by atoms with Crippen LogP contribution >= 0.6 is 0 Å². The Labute approximate surface area is 142 Å². The van der Waals surface area contributed by atoms with Gasteiger partial charge in [-0.3, -0.25) is 4.98 Å². The molecule has 1 aromatic heterocycles. The maximum atomic E-state index is 5.50. The van der Waals surface area contributed by atoms with Crippen molar-refractivity contribution in [1.29, 1.82) is 0 Å². The second kappa shape index (κ2) is 6.40. The maximum Gasteiger partial charge on any atom is 0.142 e. The molecule has 0 atom stereocenters. The molecular formula is C20H21N3O. The Kier molecular flexibility index (Phi) is 3.95. The summed E-state index contributed by atoms with van der Waals surface area (Å²) in [5.74, 6) is 0.945. The van der Waals surface area contributed by atoms with Gasteiger partial charge in [0.25, 0.3) is 0 Å². The van der Waals surface area contributed by atoms with E-state index in [4.69, 9.17) is 4.74 Å². The molecule has 0 bridgehead atoms. The number of pyridine rings is 1. The number of anilines is 2. The molecule has 1 saturated heterocycles. The first kappa shape index (κ1) is 14.8. The van der Waals surface area contributed by atoms with Gasteiger partial charge in [0.05, 0.1) is 12.8 Å². The number of rotatable bonds is 3. The number of nitrogens with zero attached hydrogens (tertiary/aromatic N) is 3. The van der Waals surface area contributed by atoms with Crippen LogP contribution in [-0.2, 0) is 0 Å². The summed E-state index contributed by atoms with van der Waals surface area (Å²) < 4.78 is 5.50. The van der Waals surface area contributed by atoms with Gasteiger partial charge in [-0.25, -0.2) is 0 Å². The van der Waals surface area contributed by atoms with Gasteiger partial charge in [0.1, 0.15) is 5.75 Å². The van der Waals surface area contributed by atoms with Gasteiger partial charge < -0.3 is 14.5 Å². The first-order valence-electron chi connectivity index (χ1n) is 8.32. The van der Waals surface area contributed by atoms with E-state index >= 15 is 0 Å². The Balaban J connectivity index is 1.56. The first-order valence-corrected chi connectivity index (χ1v) is 8.32. The minimum Gasteiger partial charge on any atom is -0.495 e. The van der Waals surface area contributed by atoms with Crippen molar-refractivity contribution in [3.63, 3.8) is 0 Å². The third kappa shape index (κ3) is 2.64. The van der Waals surface area contributed by atoms with Gasteiger partial charge in [-0.1, -0.05) is 24.3 Å². The second-order valence-electron chi connectivity index (χ2n) is 6.02. The number of fused-ring (bicyclic) bond motifs is 1. The Morgan fingerprint density at radius 3 is 2.33 bits per heavy atom. The van der Waals surface area contributed by atoms with Crippen LogP contribution in [-0.4, -0.2) is 38.3 Å². The molecule has 4 rings (SSSR count). The lowest BCUT2D eigenvalue weighted by atomic mass is 10.1. The number of para-hydroxylation sites is 2. The molecule has 2 aromatic carbocycles. The molecule has 24 heavy (non-hydrogen) atoms. The van der Waals surface area contributed by atoms with Crippen molar-refractivity contribution in [3.05, 3.63) is 60.9 Å². The molecular weight excluding hydrogens is 298 g/mol. The fourth-order valence-corrected chi connectivity index (χ4v) is 3.45. The van der Waals surface area contributed by atoms with E-state index in [2.05, 4.69) is 51.2 Å². The highest BCUT2D eigenvalue weighted by Crippen LogP contribution is 2.31. The van der Waals surface area contributed by atoms with Crippen molar-refractivity contribution < 1.29 is 4.74 Å². The summed E-state index contributed by atoms with van der Waals surface area (Å²) in [4.78, 5) is 9.16. The van der Waals surface area contributed by atoms with Gasteiger partial charge in [0, 0.05) is 49.6 Å². The topological polar surface area (TPSA) is 28.6 Å². The van der Waals surface area contributed by atoms with E-state index in [1.54, 1.807) is 7.11 Å².